The highest BCUT2D eigenvalue weighted by atomic mass is 32.2. The van der Waals surface area contributed by atoms with Crippen LogP contribution in [-0.4, -0.2) is 8.42 Å². The smallest absolute Gasteiger partial charge is 0.206 e. The highest BCUT2D eigenvalue weighted by molar-refractivity contribution is 7.91. The molecule has 0 saturated heterocycles. The van der Waals surface area contributed by atoms with E-state index >= 15 is 0 Å². The summed E-state index contributed by atoms with van der Waals surface area (Å²) in [6, 6.07) is 55.7. The van der Waals surface area contributed by atoms with Gasteiger partial charge in [-0.2, -0.15) is 0 Å². The number of nitrogens with zero attached hydrogens (tertiary/aromatic N) is 1. The second kappa shape index (κ2) is 11.4. The fourth-order valence-corrected chi connectivity index (χ4v) is 12.1. The normalized spacial score (nSPS) is 13.9. The molecule has 1 spiro atoms. The predicted octanol–water partition coefficient (Wildman–Crippen LogP) is 12.8. The maximum atomic E-state index is 14.1. The molecule has 9 aromatic rings. The Hall–Kier alpha value is -5.79. The molecule has 0 unspecified atom stereocenters. The minimum atomic E-state index is -3.77. The number of hydrogen-bond acceptors (Lipinski definition) is 5. The number of benzene rings is 7. The van der Waals surface area contributed by atoms with Crippen LogP contribution in [0.15, 0.2) is 184 Å². The summed E-state index contributed by atoms with van der Waals surface area (Å²) in [5.41, 5.74) is 9.82. The average molecular weight is 736 g/mol. The minimum Gasteiger partial charge on any atom is -0.310 e. The number of hydrogen-bond donors (Lipinski definition) is 0. The van der Waals surface area contributed by atoms with Gasteiger partial charge in [-0.25, -0.2) is 8.42 Å². The van der Waals surface area contributed by atoms with Crippen molar-refractivity contribution in [2.24, 2.45) is 0 Å². The maximum Gasteiger partial charge on any atom is 0.206 e. The van der Waals surface area contributed by atoms with Gasteiger partial charge < -0.3 is 4.90 Å². The first kappa shape index (κ1) is 30.8. The number of sulfone groups is 1. The monoisotopic (exact) mass is 735 g/mol. The first-order valence-corrected chi connectivity index (χ1v) is 20.8. The zero-order chi connectivity index (χ0) is 35.3. The predicted molar refractivity (Wildman–Crippen MR) is 220 cm³/mol. The molecule has 3 heterocycles. The molecule has 11 rings (SSSR count). The van der Waals surface area contributed by atoms with Crippen molar-refractivity contribution in [3.63, 3.8) is 0 Å². The van der Waals surface area contributed by atoms with Crippen LogP contribution in [0.2, 0.25) is 0 Å². The van der Waals surface area contributed by atoms with Crippen molar-refractivity contribution in [2.75, 3.05) is 4.90 Å². The van der Waals surface area contributed by atoms with Crippen LogP contribution in [0.5, 0.6) is 0 Å². The van der Waals surface area contributed by atoms with E-state index in [1.165, 1.54) is 37.4 Å². The van der Waals surface area contributed by atoms with Crippen molar-refractivity contribution in [3.8, 4) is 20.9 Å². The van der Waals surface area contributed by atoms with E-state index in [0.29, 0.717) is 0 Å². The van der Waals surface area contributed by atoms with Gasteiger partial charge in [-0.1, -0.05) is 97.1 Å². The second-order valence-corrected chi connectivity index (χ2v) is 17.5. The molecule has 0 bridgehead atoms. The molecule has 0 atom stereocenters. The van der Waals surface area contributed by atoms with Gasteiger partial charge in [0.25, 0.3) is 0 Å². The molecule has 7 aromatic carbocycles. The van der Waals surface area contributed by atoms with Crippen molar-refractivity contribution in [1.29, 1.82) is 0 Å². The molecule has 0 amide bonds. The Labute approximate surface area is 315 Å². The third-order valence-electron chi connectivity index (χ3n) is 11.1. The van der Waals surface area contributed by atoms with Crippen molar-refractivity contribution in [3.05, 3.63) is 197 Å². The zero-order valence-corrected chi connectivity index (χ0v) is 30.7. The van der Waals surface area contributed by atoms with Gasteiger partial charge in [0.05, 0.1) is 26.6 Å². The summed E-state index contributed by atoms with van der Waals surface area (Å²) in [5, 5.41) is 9.09. The first-order chi connectivity index (χ1) is 26.0. The molecule has 0 saturated carbocycles. The van der Waals surface area contributed by atoms with E-state index in [4.69, 9.17) is 0 Å². The zero-order valence-electron chi connectivity index (χ0n) is 28.2. The maximum absolute atomic E-state index is 14.1. The standard InChI is InChI=1S/C47H29NO2S3/c49-53(50,35-20-16-31(17-21-35)38-13-7-11-30-8-3-4-12-37(30)38)36-22-18-34(19-23-36)48-43-15-6-5-14-39(43)47(40-24-26-51-45(40)46-41(47)25-27-52-46)42-28-32-9-1-2-10-33(32)29-44(42)48/h1-29H. The van der Waals surface area contributed by atoms with E-state index in [0.717, 1.165) is 44.3 Å². The molecule has 53 heavy (non-hydrogen) atoms. The summed E-state index contributed by atoms with van der Waals surface area (Å²) < 4.78 is 28.1. The van der Waals surface area contributed by atoms with Crippen LogP contribution in [0.4, 0.5) is 17.1 Å². The van der Waals surface area contributed by atoms with Gasteiger partial charge in [0.1, 0.15) is 0 Å². The number of thiophene rings is 2. The van der Waals surface area contributed by atoms with E-state index in [-0.39, 0.29) is 9.79 Å². The van der Waals surface area contributed by atoms with Crippen molar-refractivity contribution in [2.45, 2.75) is 15.2 Å². The van der Waals surface area contributed by atoms with Crippen molar-refractivity contribution in [1.82, 2.24) is 0 Å². The molecule has 2 aliphatic rings. The molecule has 2 aromatic heterocycles. The summed E-state index contributed by atoms with van der Waals surface area (Å²) >= 11 is 3.64. The summed E-state index contributed by atoms with van der Waals surface area (Å²) in [6.07, 6.45) is 0. The number of rotatable bonds is 4. The van der Waals surface area contributed by atoms with Crippen molar-refractivity contribution >= 4 is 71.1 Å². The van der Waals surface area contributed by atoms with Gasteiger partial charge >= 0.3 is 0 Å². The molecule has 3 nitrogen and oxygen atoms in total. The van der Waals surface area contributed by atoms with Gasteiger partial charge in [-0.3, -0.25) is 0 Å². The minimum absolute atomic E-state index is 0.265. The second-order valence-electron chi connectivity index (χ2n) is 13.7. The van der Waals surface area contributed by atoms with E-state index in [2.05, 4.69) is 113 Å². The average Bonchev–Trinajstić information content (AvgIpc) is 3.94. The van der Waals surface area contributed by atoms with Crippen LogP contribution < -0.4 is 4.90 Å². The summed E-state index contributed by atoms with van der Waals surface area (Å²) in [5.74, 6) is 0. The molecule has 252 valence electrons. The lowest BCUT2D eigenvalue weighted by Gasteiger charge is -2.44. The molecule has 1 aliphatic carbocycles. The van der Waals surface area contributed by atoms with Gasteiger partial charge in [-0.15, -0.1) is 22.7 Å². The summed E-state index contributed by atoms with van der Waals surface area (Å²) in [6.45, 7) is 0. The Kier molecular flexibility index (Phi) is 6.60. The quantitative estimate of drug-likeness (QED) is 0.181. The Morgan fingerprint density at radius 1 is 0.472 bits per heavy atom. The Balaban J connectivity index is 1.04. The largest absolute Gasteiger partial charge is 0.310 e. The topological polar surface area (TPSA) is 37.4 Å². The Bertz CT molecular complexity index is 2980. The lowest BCUT2D eigenvalue weighted by molar-refractivity contribution is 0.596. The van der Waals surface area contributed by atoms with Crippen LogP contribution in [0.25, 0.3) is 42.4 Å². The highest BCUT2D eigenvalue weighted by Crippen LogP contribution is 2.65. The third-order valence-corrected chi connectivity index (χ3v) is 14.9. The van der Waals surface area contributed by atoms with E-state index in [1.54, 1.807) is 24.3 Å². The fourth-order valence-electron chi connectivity index (χ4n) is 8.74. The molecule has 0 N–H and O–H groups in total. The van der Waals surface area contributed by atoms with Gasteiger partial charge in [-0.05, 0) is 132 Å². The third kappa shape index (κ3) is 4.28. The van der Waals surface area contributed by atoms with E-state index in [1.807, 2.05) is 65.1 Å². The highest BCUT2D eigenvalue weighted by Gasteiger charge is 2.53. The van der Waals surface area contributed by atoms with Crippen LogP contribution in [0.3, 0.4) is 0 Å². The lowest BCUT2D eigenvalue weighted by Crippen LogP contribution is -2.35. The fraction of sp³-hybridized carbons (Fsp3) is 0.0213. The Morgan fingerprint density at radius 2 is 1.06 bits per heavy atom. The van der Waals surface area contributed by atoms with Gasteiger partial charge in [0.15, 0.2) is 0 Å². The SMILES string of the molecule is O=S(=O)(c1ccc(-c2cccc3ccccc23)cc1)c1ccc(N2c3ccccc3C3(c4cc5ccccc5cc42)c2ccsc2-c2sccc23)cc1. The number of fused-ring (bicyclic) bond motifs is 11. The molecular formula is C47H29NO2S3. The summed E-state index contributed by atoms with van der Waals surface area (Å²) in [7, 11) is -3.77. The van der Waals surface area contributed by atoms with E-state index in [9.17, 15) is 8.42 Å². The van der Waals surface area contributed by atoms with Crippen LogP contribution in [-0.2, 0) is 15.3 Å². The van der Waals surface area contributed by atoms with Crippen LogP contribution >= 0.6 is 22.7 Å². The molecule has 1 aliphatic heterocycles. The molecule has 0 fully saturated rings. The molecule has 6 heteroatoms. The number of anilines is 3. The van der Waals surface area contributed by atoms with Crippen molar-refractivity contribution < 1.29 is 8.42 Å². The van der Waals surface area contributed by atoms with Gasteiger partial charge in [0, 0.05) is 15.4 Å². The lowest BCUT2D eigenvalue weighted by atomic mass is 9.65. The van der Waals surface area contributed by atoms with Crippen LogP contribution in [0, 0.1) is 0 Å². The van der Waals surface area contributed by atoms with Gasteiger partial charge in [0.2, 0.25) is 9.84 Å². The van der Waals surface area contributed by atoms with Crippen LogP contribution in [0.1, 0.15) is 22.3 Å². The molecular weight excluding hydrogens is 707 g/mol. The summed E-state index contributed by atoms with van der Waals surface area (Å²) in [4.78, 5) is 5.54. The molecule has 0 radical (unpaired) electrons. The van der Waals surface area contributed by atoms with E-state index < -0.39 is 15.3 Å². The first-order valence-electron chi connectivity index (χ1n) is 17.6. The number of para-hydroxylation sites is 1. The Morgan fingerprint density at radius 3 is 1.77 bits per heavy atom.